The van der Waals surface area contributed by atoms with Crippen molar-refractivity contribution in [3.63, 3.8) is 0 Å². The van der Waals surface area contributed by atoms with Crippen LogP contribution < -0.4 is 10.1 Å². The molecule has 1 heterocycles. The van der Waals surface area contributed by atoms with E-state index < -0.39 is 0 Å². The van der Waals surface area contributed by atoms with E-state index in [1.165, 1.54) is 31.2 Å². The Balaban J connectivity index is 1.82. The van der Waals surface area contributed by atoms with Crippen LogP contribution in [0.5, 0.6) is 5.75 Å². The summed E-state index contributed by atoms with van der Waals surface area (Å²) in [5.74, 6) is 1.85. The Kier molecular flexibility index (Phi) is 4.13. The third-order valence-corrected chi connectivity index (χ3v) is 4.91. The van der Waals surface area contributed by atoms with Gasteiger partial charge in [-0.25, -0.2) is 0 Å². The number of hydrogen-bond acceptors (Lipinski definition) is 2. The van der Waals surface area contributed by atoms with Crippen LogP contribution in [0.3, 0.4) is 0 Å². The van der Waals surface area contributed by atoms with E-state index >= 15 is 0 Å². The molecule has 1 saturated carbocycles. The Morgan fingerprint density at radius 3 is 2.89 bits per heavy atom. The van der Waals surface area contributed by atoms with Crippen molar-refractivity contribution in [3.05, 3.63) is 28.2 Å². The van der Waals surface area contributed by atoms with Gasteiger partial charge in [0.2, 0.25) is 0 Å². The van der Waals surface area contributed by atoms with E-state index in [4.69, 9.17) is 4.74 Å². The Hall–Kier alpha value is -0.540. The molecule has 0 aromatic heterocycles. The molecule has 0 saturated heterocycles. The SMILES string of the molecule is CCCNC1CC(C2CCC2)Oc2cc(Br)ccc21. The third kappa shape index (κ3) is 2.82. The summed E-state index contributed by atoms with van der Waals surface area (Å²) in [6.07, 6.45) is 6.77. The zero-order valence-corrected chi connectivity index (χ0v) is 13.1. The molecule has 0 bridgehead atoms. The zero-order valence-electron chi connectivity index (χ0n) is 11.5. The molecule has 0 spiro atoms. The second-order valence-corrected chi connectivity index (χ2v) is 6.69. The molecule has 0 radical (unpaired) electrons. The largest absolute Gasteiger partial charge is 0.490 e. The van der Waals surface area contributed by atoms with Gasteiger partial charge in [-0.3, -0.25) is 0 Å². The first-order valence-electron chi connectivity index (χ1n) is 7.47. The standard InChI is InChI=1S/C16H22BrNO/c1-2-8-18-14-10-15(11-4-3-5-11)19-16-9-12(17)6-7-13(14)16/h6-7,9,11,14-15,18H,2-5,8,10H2,1H3. The van der Waals surface area contributed by atoms with E-state index in [9.17, 15) is 0 Å². The quantitative estimate of drug-likeness (QED) is 0.884. The molecule has 1 aromatic rings. The summed E-state index contributed by atoms with van der Waals surface area (Å²) < 4.78 is 7.36. The highest BCUT2D eigenvalue weighted by atomic mass is 79.9. The topological polar surface area (TPSA) is 21.3 Å². The lowest BCUT2D eigenvalue weighted by molar-refractivity contribution is 0.0531. The number of hydrogen-bond donors (Lipinski definition) is 1. The van der Waals surface area contributed by atoms with Crippen molar-refractivity contribution in [1.29, 1.82) is 0 Å². The van der Waals surface area contributed by atoms with E-state index in [-0.39, 0.29) is 0 Å². The van der Waals surface area contributed by atoms with Crippen LogP contribution in [0.1, 0.15) is 50.6 Å². The predicted molar refractivity (Wildman–Crippen MR) is 81.6 cm³/mol. The first-order valence-corrected chi connectivity index (χ1v) is 8.26. The van der Waals surface area contributed by atoms with Crippen molar-refractivity contribution >= 4 is 15.9 Å². The lowest BCUT2D eigenvalue weighted by atomic mass is 9.77. The molecule has 1 aliphatic heterocycles. The van der Waals surface area contributed by atoms with Gasteiger partial charge < -0.3 is 10.1 Å². The summed E-state index contributed by atoms with van der Waals surface area (Å²) in [6, 6.07) is 6.90. The van der Waals surface area contributed by atoms with E-state index in [2.05, 4.69) is 46.4 Å². The summed E-state index contributed by atoms with van der Waals surface area (Å²) in [6.45, 7) is 3.30. The molecule has 0 amide bonds. The Bertz CT molecular complexity index is 444. The molecular formula is C16H22BrNO. The number of rotatable bonds is 4. The second-order valence-electron chi connectivity index (χ2n) is 5.77. The maximum absolute atomic E-state index is 6.26. The minimum absolute atomic E-state index is 0.407. The predicted octanol–water partition coefficient (Wildman–Crippen LogP) is 4.44. The third-order valence-electron chi connectivity index (χ3n) is 4.41. The van der Waals surface area contributed by atoms with Gasteiger partial charge in [0.15, 0.2) is 0 Å². The molecule has 2 unspecified atom stereocenters. The lowest BCUT2D eigenvalue weighted by Gasteiger charge is -2.40. The minimum Gasteiger partial charge on any atom is -0.490 e. The van der Waals surface area contributed by atoms with Crippen LogP contribution in [0.2, 0.25) is 0 Å². The maximum Gasteiger partial charge on any atom is 0.125 e. The molecule has 2 aliphatic rings. The molecule has 1 fully saturated rings. The monoisotopic (exact) mass is 323 g/mol. The molecular weight excluding hydrogens is 302 g/mol. The van der Waals surface area contributed by atoms with Crippen molar-refractivity contribution < 1.29 is 4.74 Å². The fourth-order valence-corrected chi connectivity index (χ4v) is 3.42. The highest BCUT2D eigenvalue weighted by Gasteiger charge is 2.35. The van der Waals surface area contributed by atoms with Gasteiger partial charge >= 0.3 is 0 Å². The van der Waals surface area contributed by atoms with Crippen molar-refractivity contribution in [2.45, 2.75) is 51.2 Å². The van der Waals surface area contributed by atoms with Crippen molar-refractivity contribution in [1.82, 2.24) is 5.32 Å². The Labute approximate surface area is 124 Å². The average molecular weight is 324 g/mol. The van der Waals surface area contributed by atoms with Crippen molar-refractivity contribution in [3.8, 4) is 5.75 Å². The van der Waals surface area contributed by atoms with E-state index in [0.29, 0.717) is 12.1 Å². The van der Waals surface area contributed by atoms with Crippen LogP contribution in [-0.2, 0) is 0 Å². The van der Waals surface area contributed by atoms with Crippen molar-refractivity contribution in [2.24, 2.45) is 5.92 Å². The van der Waals surface area contributed by atoms with E-state index in [1.54, 1.807) is 0 Å². The smallest absolute Gasteiger partial charge is 0.125 e. The van der Waals surface area contributed by atoms with Gasteiger partial charge in [-0.15, -0.1) is 0 Å². The molecule has 2 atom stereocenters. The van der Waals surface area contributed by atoms with Crippen LogP contribution in [0.4, 0.5) is 0 Å². The molecule has 1 aromatic carbocycles. The fraction of sp³-hybridized carbons (Fsp3) is 0.625. The van der Waals surface area contributed by atoms with Gasteiger partial charge in [0.1, 0.15) is 11.9 Å². The first kappa shape index (κ1) is 13.4. The normalized spacial score (nSPS) is 26.4. The number of ether oxygens (including phenoxy) is 1. The van der Waals surface area contributed by atoms with Gasteiger partial charge in [0, 0.05) is 22.5 Å². The van der Waals surface area contributed by atoms with Crippen LogP contribution in [0.25, 0.3) is 0 Å². The fourth-order valence-electron chi connectivity index (χ4n) is 3.08. The summed E-state index contributed by atoms with van der Waals surface area (Å²) in [5, 5.41) is 3.68. The Morgan fingerprint density at radius 1 is 1.37 bits per heavy atom. The first-order chi connectivity index (χ1) is 9.28. The molecule has 2 nitrogen and oxygen atoms in total. The van der Waals surface area contributed by atoms with E-state index in [0.717, 1.165) is 29.1 Å². The Morgan fingerprint density at radius 2 is 2.21 bits per heavy atom. The highest BCUT2D eigenvalue weighted by Crippen LogP contribution is 2.42. The van der Waals surface area contributed by atoms with Crippen LogP contribution in [-0.4, -0.2) is 12.6 Å². The van der Waals surface area contributed by atoms with Crippen molar-refractivity contribution in [2.75, 3.05) is 6.54 Å². The summed E-state index contributed by atoms with van der Waals surface area (Å²) >= 11 is 3.55. The summed E-state index contributed by atoms with van der Waals surface area (Å²) in [5.41, 5.74) is 1.33. The number of halogens is 1. The summed E-state index contributed by atoms with van der Waals surface area (Å²) in [7, 11) is 0. The molecule has 1 N–H and O–H groups in total. The van der Waals surface area contributed by atoms with Crippen LogP contribution in [0.15, 0.2) is 22.7 Å². The number of nitrogens with one attached hydrogen (secondary N) is 1. The highest BCUT2D eigenvalue weighted by molar-refractivity contribution is 9.10. The maximum atomic E-state index is 6.26. The average Bonchev–Trinajstić information content (AvgIpc) is 2.33. The van der Waals surface area contributed by atoms with Crippen LogP contribution >= 0.6 is 15.9 Å². The van der Waals surface area contributed by atoms with Crippen LogP contribution in [0, 0.1) is 5.92 Å². The van der Waals surface area contributed by atoms with Gasteiger partial charge in [-0.05, 0) is 43.9 Å². The molecule has 1 aliphatic carbocycles. The zero-order chi connectivity index (χ0) is 13.2. The van der Waals surface area contributed by atoms with E-state index in [1.807, 2.05) is 0 Å². The summed E-state index contributed by atoms with van der Waals surface area (Å²) in [4.78, 5) is 0. The molecule has 3 heteroatoms. The van der Waals surface area contributed by atoms with Gasteiger partial charge in [0.25, 0.3) is 0 Å². The minimum atomic E-state index is 0.407. The van der Waals surface area contributed by atoms with Gasteiger partial charge in [-0.2, -0.15) is 0 Å². The number of fused-ring (bicyclic) bond motifs is 1. The lowest BCUT2D eigenvalue weighted by Crippen LogP contribution is -2.39. The van der Waals surface area contributed by atoms with Gasteiger partial charge in [-0.1, -0.05) is 35.3 Å². The second kappa shape index (κ2) is 5.84. The molecule has 19 heavy (non-hydrogen) atoms. The number of benzene rings is 1. The molecule has 104 valence electrons. The molecule has 3 rings (SSSR count). The van der Waals surface area contributed by atoms with Gasteiger partial charge in [0.05, 0.1) is 0 Å².